The van der Waals surface area contributed by atoms with Gasteiger partial charge in [0, 0.05) is 12.5 Å². The van der Waals surface area contributed by atoms with Gasteiger partial charge in [0.25, 0.3) is 0 Å². The van der Waals surface area contributed by atoms with Crippen LogP contribution >= 0.6 is 0 Å². The van der Waals surface area contributed by atoms with Crippen LogP contribution in [0.2, 0.25) is 0 Å². The number of hydrogen-bond acceptors (Lipinski definition) is 3. The van der Waals surface area contributed by atoms with E-state index in [9.17, 15) is 8.42 Å². The minimum Gasteiger partial charge on any atom is -0.240 e. The molecule has 0 unspecified atom stereocenters. The fourth-order valence-corrected chi connectivity index (χ4v) is 4.07. The number of rotatable bonds is 6. The lowest BCUT2D eigenvalue weighted by molar-refractivity contribution is 0.602. The second-order valence-corrected chi connectivity index (χ2v) is 9.00. The van der Waals surface area contributed by atoms with Crippen molar-refractivity contribution < 1.29 is 8.42 Å². The highest BCUT2D eigenvalue weighted by Gasteiger charge is 2.15. The Bertz CT molecular complexity index is 1030. The maximum Gasteiger partial charge on any atom is 0.175 e. The normalized spacial score (nSPS) is 11.9. The van der Waals surface area contributed by atoms with E-state index in [1.54, 1.807) is 12.1 Å². The lowest BCUT2D eigenvalue weighted by atomic mass is 9.90. The van der Waals surface area contributed by atoms with Gasteiger partial charge in [0.05, 0.1) is 16.3 Å². The molecule has 0 atom stereocenters. The first-order valence-electron chi connectivity index (χ1n) is 9.30. The van der Waals surface area contributed by atoms with Crippen molar-refractivity contribution >= 4 is 9.84 Å². The third kappa shape index (κ3) is 4.14. The quantitative estimate of drug-likeness (QED) is 0.592. The molecule has 0 aliphatic heterocycles. The van der Waals surface area contributed by atoms with Gasteiger partial charge in [0.15, 0.2) is 9.84 Å². The van der Waals surface area contributed by atoms with E-state index < -0.39 is 9.84 Å². The number of sulfone groups is 1. The number of nitrogens with zero attached hydrogens (tertiary/aromatic N) is 2. The monoisotopic (exact) mass is 382 g/mol. The lowest BCUT2D eigenvalue weighted by Gasteiger charge is -2.19. The predicted molar refractivity (Wildman–Crippen MR) is 110 cm³/mol. The predicted octanol–water partition coefficient (Wildman–Crippen LogP) is 5.15. The maximum atomic E-state index is 11.7. The van der Waals surface area contributed by atoms with Gasteiger partial charge in [-0.2, -0.15) is 5.10 Å². The van der Waals surface area contributed by atoms with Crippen LogP contribution in [0.15, 0.2) is 59.6 Å². The molecule has 0 fully saturated rings. The molecule has 1 aromatic heterocycles. The van der Waals surface area contributed by atoms with Crippen LogP contribution in [0.4, 0.5) is 0 Å². The molecule has 2 aromatic carbocycles. The molecule has 0 saturated heterocycles. The number of aryl methyl sites for hydroxylation is 1. The van der Waals surface area contributed by atoms with E-state index in [-0.39, 0.29) is 0 Å². The van der Waals surface area contributed by atoms with Crippen LogP contribution in [0.1, 0.15) is 43.9 Å². The summed E-state index contributed by atoms with van der Waals surface area (Å²) < 4.78 is 25.3. The smallest absolute Gasteiger partial charge is 0.175 e. The Hall–Kier alpha value is -2.40. The molecular weight excluding hydrogens is 356 g/mol. The molecule has 0 N–H and O–H groups in total. The standard InChI is InChI=1S/C22H26N2O2S/c1-5-17(6-2)21-12-9-19(15-22(21)24-14-13-16(3)23-24)18-7-10-20(11-8-18)27(4,25)26/h7-15,17H,5-6H2,1-4H3. The van der Waals surface area contributed by atoms with E-state index in [4.69, 9.17) is 0 Å². The second kappa shape index (κ2) is 7.69. The molecule has 0 aliphatic rings. The molecule has 5 heteroatoms. The highest BCUT2D eigenvalue weighted by Crippen LogP contribution is 2.32. The molecule has 3 aromatic rings. The summed E-state index contributed by atoms with van der Waals surface area (Å²) >= 11 is 0. The Labute approximate surface area is 161 Å². The Kier molecular flexibility index (Phi) is 5.51. The molecule has 3 rings (SSSR count). The summed E-state index contributed by atoms with van der Waals surface area (Å²) in [4.78, 5) is 0.336. The lowest BCUT2D eigenvalue weighted by Crippen LogP contribution is -2.05. The third-order valence-electron chi connectivity index (χ3n) is 5.04. The Morgan fingerprint density at radius 3 is 2.11 bits per heavy atom. The van der Waals surface area contributed by atoms with E-state index in [0.717, 1.165) is 35.3 Å². The van der Waals surface area contributed by atoms with Crippen molar-refractivity contribution in [2.45, 2.75) is 44.4 Å². The second-order valence-electron chi connectivity index (χ2n) is 6.99. The van der Waals surface area contributed by atoms with E-state index >= 15 is 0 Å². The summed E-state index contributed by atoms with van der Waals surface area (Å²) in [5, 5.41) is 4.61. The average Bonchev–Trinajstić information content (AvgIpc) is 3.08. The number of benzene rings is 2. The topological polar surface area (TPSA) is 52.0 Å². The van der Waals surface area contributed by atoms with Crippen LogP contribution in [-0.4, -0.2) is 24.5 Å². The van der Waals surface area contributed by atoms with Gasteiger partial charge in [-0.15, -0.1) is 0 Å². The fraction of sp³-hybridized carbons (Fsp3) is 0.318. The Morgan fingerprint density at radius 2 is 1.59 bits per heavy atom. The molecular formula is C22H26N2O2S. The summed E-state index contributed by atoms with van der Waals surface area (Å²) in [6, 6.07) is 15.5. The molecule has 27 heavy (non-hydrogen) atoms. The van der Waals surface area contributed by atoms with E-state index in [0.29, 0.717) is 10.8 Å². The summed E-state index contributed by atoms with van der Waals surface area (Å²) in [6.07, 6.45) is 5.37. The van der Waals surface area contributed by atoms with Crippen molar-refractivity contribution in [1.82, 2.24) is 9.78 Å². The molecule has 0 saturated carbocycles. The van der Waals surface area contributed by atoms with Gasteiger partial charge in [-0.3, -0.25) is 0 Å². The highest BCUT2D eigenvalue weighted by molar-refractivity contribution is 7.90. The first kappa shape index (κ1) is 19.4. The van der Waals surface area contributed by atoms with Crippen LogP contribution in [0.3, 0.4) is 0 Å². The van der Waals surface area contributed by atoms with E-state index in [1.165, 1.54) is 11.8 Å². The number of hydrogen-bond donors (Lipinski definition) is 0. The van der Waals surface area contributed by atoms with Gasteiger partial charge < -0.3 is 0 Å². The van der Waals surface area contributed by atoms with Crippen LogP contribution in [0.5, 0.6) is 0 Å². The van der Waals surface area contributed by atoms with Crippen molar-refractivity contribution in [3.63, 3.8) is 0 Å². The van der Waals surface area contributed by atoms with Crippen molar-refractivity contribution in [1.29, 1.82) is 0 Å². The van der Waals surface area contributed by atoms with Gasteiger partial charge in [-0.1, -0.05) is 38.1 Å². The van der Waals surface area contributed by atoms with Crippen molar-refractivity contribution in [3.8, 4) is 16.8 Å². The van der Waals surface area contributed by atoms with Crippen LogP contribution in [0.25, 0.3) is 16.8 Å². The molecule has 4 nitrogen and oxygen atoms in total. The van der Waals surface area contributed by atoms with Gasteiger partial charge in [-0.05, 0) is 66.6 Å². The maximum absolute atomic E-state index is 11.7. The van der Waals surface area contributed by atoms with Crippen molar-refractivity contribution in [3.05, 3.63) is 66.0 Å². The summed E-state index contributed by atoms with van der Waals surface area (Å²) in [5.41, 5.74) is 5.39. The molecule has 0 amide bonds. The summed E-state index contributed by atoms with van der Waals surface area (Å²) in [5.74, 6) is 0.478. The zero-order chi connectivity index (χ0) is 19.6. The average molecular weight is 383 g/mol. The van der Waals surface area contributed by atoms with Crippen LogP contribution in [0, 0.1) is 6.92 Å². The van der Waals surface area contributed by atoms with Crippen LogP contribution < -0.4 is 0 Å². The summed E-state index contributed by atoms with van der Waals surface area (Å²) in [6.45, 7) is 6.41. The van der Waals surface area contributed by atoms with E-state index in [2.05, 4.69) is 37.1 Å². The third-order valence-corrected chi connectivity index (χ3v) is 6.17. The SMILES string of the molecule is CCC(CC)c1ccc(-c2ccc(S(C)(=O)=O)cc2)cc1-n1ccc(C)n1. The van der Waals surface area contributed by atoms with E-state index in [1.807, 2.05) is 36.0 Å². The van der Waals surface area contributed by atoms with Gasteiger partial charge in [0.1, 0.15) is 0 Å². The van der Waals surface area contributed by atoms with Crippen molar-refractivity contribution in [2.24, 2.45) is 0 Å². The molecule has 0 spiro atoms. The van der Waals surface area contributed by atoms with Crippen LogP contribution in [-0.2, 0) is 9.84 Å². The Balaban J connectivity index is 2.10. The zero-order valence-electron chi connectivity index (χ0n) is 16.3. The molecule has 0 aliphatic carbocycles. The first-order chi connectivity index (χ1) is 12.8. The molecule has 0 bridgehead atoms. The molecule has 142 valence electrons. The largest absolute Gasteiger partial charge is 0.240 e. The Morgan fingerprint density at radius 1 is 0.963 bits per heavy atom. The minimum absolute atomic E-state index is 0.336. The van der Waals surface area contributed by atoms with Gasteiger partial charge in [-0.25, -0.2) is 13.1 Å². The van der Waals surface area contributed by atoms with Crippen molar-refractivity contribution in [2.75, 3.05) is 6.26 Å². The zero-order valence-corrected chi connectivity index (χ0v) is 17.1. The summed E-state index contributed by atoms with van der Waals surface area (Å²) in [7, 11) is -3.19. The molecule has 0 radical (unpaired) electrons. The first-order valence-corrected chi connectivity index (χ1v) is 11.2. The minimum atomic E-state index is -3.19. The fourth-order valence-electron chi connectivity index (χ4n) is 3.44. The highest BCUT2D eigenvalue weighted by atomic mass is 32.2. The van der Waals surface area contributed by atoms with Gasteiger partial charge in [0.2, 0.25) is 0 Å². The number of aromatic nitrogens is 2. The molecule has 1 heterocycles. The van der Waals surface area contributed by atoms with Gasteiger partial charge >= 0.3 is 0 Å².